The lowest BCUT2D eigenvalue weighted by Crippen LogP contribution is -2.38. The van der Waals surface area contributed by atoms with E-state index < -0.39 is 17.9 Å². The monoisotopic (exact) mass is 393 g/mol. The van der Waals surface area contributed by atoms with Crippen molar-refractivity contribution < 1.29 is 19.4 Å². The maximum Gasteiger partial charge on any atom is 0.313 e. The van der Waals surface area contributed by atoms with E-state index in [4.69, 9.17) is 26.7 Å². The summed E-state index contributed by atoms with van der Waals surface area (Å²) in [6.07, 6.45) is -0.481. The summed E-state index contributed by atoms with van der Waals surface area (Å²) in [5.74, 6) is -1.79. The van der Waals surface area contributed by atoms with Crippen LogP contribution in [0.1, 0.15) is 17.2 Å². The number of aliphatic hydroxyl groups excluding tert-OH is 1. The van der Waals surface area contributed by atoms with Crippen molar-refractivity contribution in [2.24, 2.45) is 0 Å². The van der Waals surface area contributed by atoms with E-state index in [0.717, 1.165) is 5.56 Å². The fraction of sp³-hybridized carbons (Fsp3) is 0.235. The predicted octanol–water partition coefficient (Wildman–Crippen LogP) is 2.08. The van der Waals surface area contributed by atoms with Crippen LogP contribution in [0.25, 0.3) is 0 Å². The standard InChI is InChI=1S/C17H16ClN3O4S/c18-13-2-1-11(8-19)14(7-13)21-17(24)16(23)20-9-15(25-5-4-22)12-3-6-26-10-12/h1-3,6-7,10,15,22H,4-5,9H2,(H,20,23)(H,21,24)/t15-/m0/s1. The van der Waals surface area contributed by atoms with Gasteiger partial charge in [-0.3, -0.25) is 9.59 Å². The van der Waals surface area contributed by atoms with E-state index in [2.05, 4.69) is 10.6 Å². The lowest BCUT2D eigenvalue weighted by atomic mass is 10.2. The van der Waals surface area contributed by atoms with Crippen molar-refractivity contribution in [3.05, 3.63) is 51.2 Å². The number of thiophene rings is 1. The van der Waals surface area contributed by atoms with Gasteiger partial charge in [0, 0.05) is 11.6 Å². The topological polar surface area (TPSA) is 111 Å². The second kappa shape index (κ2) is 9.89. The van der Waals surface area contributed by atoms with Gasteiger partial charge in [0.05, 0.1) is 24.5 Å². The third kappa shape index (κ3) is 5.54. The van der Waals surface area contributed by atoms with Crippen LogP contribution in [0.4, 0.5) is 5.69 Å². The first-order chi connectivity index (χ1) is 12.5. The normalized spacial score (nSPS) is 11.4. The molecule has 1 atom stereocenters. The second-order valence-electron chi connectivity index (χ2n) is 5.11. The molecule has 1 heterocycles. The van der Waals surface area contributed by atoms with Gasteiger partial charge in [-0.05, 0) is 40.6 Å². The summed E-state index contributed by atoms with van der Waals surface area (Å²) in [6, 6.07) is 8.10. The number of hydrogen-bond donors (Lipinski definition) is 3. The van der Waals surface area contributed by atoms with Gasteiger partial charge in [-0.15, -0.1) is 0 Å². The smallest absolute Gasteiger partial charge is 0.313 e. The SMILES string of the molecule is N#Cc1ccc(Cl)cc1NC(=O)C(=O)NC[C@H](OCCO)c1ccsc1. The van der Waals surface area contributed by atoms with E-state index in [9.17, 15) is 9.59 Å². The molecule has 2 aromatic rings. The van der Waals surface area contributed by atoms with E-state index in [0.29, 0.717) is 5.02 Å². The number of nitrogens with zero attached hydrogens (tertiary/aromatic N) is 1. The summed E-state index contributed by atoms with van der Waals surface area (Å²) in [5, 5.41) is 26.8. The minimum absolute atomic E-state index is 0.0592. The maximum atomic E-state index is 12.1. The Labute approximate surface area is 159 Å². The first kappa shape index (κ1) is 19.9. The highest BCUT2D eigenvalue weighted by Gasteiger charge is 2.19. The predicted molar refractivity (Wildman–Crippen MR) is 97.9 cm³/mol. The minimum atomic E-state index is -0.921. The number of benzene rings is 1. The van der Waals surface area contributed by atoms with Crippen molar-refractivity contribution in [1.29, 1.82) is 5.26 Å². The van der Waals surface area contributed by atoms with Crippen LogP contribution in [0, 0.1) is 11.3 Å². The van der Waals surface area contributed by atoms with Crippen molar-refractivity contribution >= 4 is 40.4 Å². The number of aliphatic hydroxyl groups is 1. The maximum absolute atomic E-state index is 12.1. The molecule has 0 aliphatic carbocycles. The average Bonchev–Trinajstić information content (AvgIpc) is 3.16. The molecule has 136 valence electrons. The molecular weight excluding hydrogens is 378 g/mol. The summed E-state index contributed by atoms with van der Waals surface area (Å²) in [4.78, 5) is 24.1. The Hall–Kier alpha value is -2.44. The van der Waals surface area contributed by atoms with Crippen LogP contribution in [-0.4, -0.2) is 36.7 Å². The molecule has 1 aromatic heterocycles. The highest BCUT2D eigenvalue weighted by Crippen LogP contribution is 2.21. The molecule has 7 nitrogen and oxygen atoms in total. The first-order valence-electron chi connectivity index (χ1n) is 7.58. The fourth-order valence-corrected chi connectivity index (χ4v) is 2.96. The quantitative estimate of drug-likeness (QED) is 0.623. The molecule has 1 aromatic carbocycles. The number of halogens is 1. The number of carbonyl (C=O) groups excluding carboxylic acids is 2. The Morgan fingerprint density at radius 3 is 2.81 bits per heavy atom. The first-order valence-corrected chi connectivity index (χ1v) is 8.90. The van der Waals surface area contributed by atoms with Gasteiger partial charge in [0.1, 0.15) is 12.2 Å². The van der Waals surface area contributed by atoms with Crippen molar-refractivity contribution in [2.75, 3.05) is 25.1 Å². The van der Waals surface area contributed by atoms with E-state index >= 15 is 0 Å². The number of anilines is 1. The highest BCUT2D eigenvalue weighted by atomic mass is 35.5. The summed E-state index contributed by atoms with van der Waals surface area (Å²) in [6.45, 7) is 0.0149. The van der Waals surface area contributed by atoms with E-state index in [1.807, 2.05) is 22.9 Å². The van der Waals surface area contributed by atoms with Crippen LogP contribution in [0.2, 0.25) is 5.02 Å². The van der Waals surface area contributed by atoms with Crippen LogP contribution in [0.3, 0.4) is 0 Å². The van der Waals surface area contributed by atoms with Crippen LogP contribution in [-0.2, 0) is 14.3 Å². The summed E-state index contributed by atoms with van der Waals surface area (Å²) in [7, 11) is 0. The molecule has 0 saturated heterocycles. The average molecular weight is 394 g/mol. The fourth-order valence-electron chi connectivity index (χ4n) is 2.09. The molecule has 26 heavy (non-hydrogen) atoms. The lowest BCUT2D eigenvalue weighted by molar-refractivity contribution is -0.136. The van der Waals surface area contributed by atoms with Gasteiger partial charge >= 0.3 is 11.8 Å². The Bertz CT molecular complexity index is 805. The summed E-state index contributed by atoms with van der Waals surface area (Å²) < 4.78 is 5.49. The van der Waals surface area contributed by atoms with Crippen molar-refractivity contribution in [3.8, 4) is 6.07 Å². The van der Waals surface area contributed by atoms with Crippen LogP contribution in [0.5, 0.6) is 0 Å². The molecule has 2 amide bonds. The highest BCUT2D eigenvalue weighted by molar-refractivity contribution is 7.07. The molecule has 0 bridgehead atoms. The van der Waals surface area contributed by atoms with Crippen molar-refractivity contribution in [1.82, 2.24) is 5.32 Å². The molecule has 0 unspecified atom stereocenters. The van der Waals surface area contributed by atoms with Gasteiger partial charge in [0.25, 0.3) is 0 Å². The number of hydrogen-bond acceptors (Lipinski definition) is 6. The Balaban J connectivity index is 1.97. The summed E-state index contributed by atoms with van der Waals surface area (Å²) in [5.41, 5.74) is 1.19. The zero-order valence-electron chi connectivity index (χ0n) is 13.6. The van der Waals surface area contributed by atoms with E-state index in [1.54, 1.807) is 0 Å². The molecule has 0 radical (unpaired) electrons. The van der Waals surface area contributed by atoms with Crippen molar-refractivity contribution in [2.45, 2.75) is 6.10 Å². The Kier molecular flexibility index (Phi) is 7.56. The zero-order valence-corrected chi connectivity index (χ0v) is 15.1. The van der Waals surface area contributed by atoms with E-state index in [-0.39, 0.29) is 31.0 Å². The minimum Gasteiger partial charge on any atom is -0.394 e. The van der Waals surface area contributed by atoms with Crippen LogP contribution < -0.4 is 10.6 Å². The number of rotatable bonds is 7. The number of ether oxygens (including phenoxy) is 1. The van der Waals surface area contributed by atoms with Gasteiger partial charge < -0.3 is 20.5 Å². The molecule has 0 saturated carbocycles. The van der Waals surface area contributed by atoms with Crippen molar-refractivity contribution in [3.63, 3.8) is 0 Å². The molecule has 3 N–H and O–H groups in total. The van der Waals surface area contributed by atoms with Gasteiger partial charge in [0.2, 0.25) is 0 Å². The molecule has 0 aliphatic heterocycles. The Morgan fingerprint density at radius 1 is 1.35 bits per heavy atom. The molecular formula is C17H16ClN3O4S. The van der Waals surface area contributed by atoms with Crippen LogP contribution >= 0.6 is 22.9 Å². The van der Waals surface area contributed by atoms with Gasteiger partial charge in [0.15, 0.2) is 0 Å². The van der Waals surface area contributed by atoms with Gasteiger partial charge in [-0.2, -0.15) is 16.6 Å². The zero-order chi connectivity index (χ0) is 18.9. The molecule has 9 heteroatoms. The van der Waals surface area contributed by atoms with Gasteiger partial charge in [-0.25, -0.2) is 0 Å². The third-order valence-corrected chi connectivity index (χ3v) is 4.27. The molecule has 0 fully saturated rings. The number of nitrogens with one attached hydrogen (secondary N) is 2. The Morgan fingerprint density at radius 2 is 2.15 bits per heavy atom. The molecule has 2 rings (SSSR count). The van der Waals surface area contributed by atoms with E-state index in [1.165, 1.54) is 29.5 Å². The number of carbonyl (C=O) groups is 2. The summed E-state index contributed by atoms with van der Waals surface area (Å²) >= 11 is 7.32. The largest absolute Gasteiger partial charge is 0.394 e. The number of amides is 2. The third-order valence-electron chi connectivity index (χ3n) is 3.33. The second-order valence-corrected chi connectivity index (χ2v) is 6.32. The lowest BCUT2D eigenvalue weighted by Gasteiger charge is -2.17. The number of nitriles is 1. The van der Waals surface area contributed by atoms with Crippen LogP contribution in [0.15, 0.2) is 35.0 Å². The molecule has 0 spiro atoms. The molecule has 0 aliphatic rings. The van der Waals surface area contributed by atoms with Gasteiger partial charge in [-0.1, -0.05) is 11.6 Å².